The van der Waals surface area contributed by atoms with Crippen molar-refractivity contribution in [1.29, 1.82) is 0 Å². The van der Waals surface area contributed by atoms with Crippen molar-refractivity contribution in [2.24, 2.45) is 5.16 Å². The van der Waals surface area contributed by atoms with Crippen LogP contribution in [0.1, 0.15) is 5.56 Å². The quantitative estimate of drug-likeness (QED) is 0.350. The monoisotopic (exact) mass is 224 g/mol. The van der Waals surface area contributed by atoms with E-state index in [1.165, 1.54) is 18.2 Å². The molecule has 2 aromatic rings. The normalized spacial score (nSPS) is 11.3. The Labute approximate surface area is 89.8 Å². The summed E-state index contributed by atoms with van der Waals surface area (Å²) >= 11 is 5.81. The minimum absolute atomic E-state index is 0.215. The van der Waals surface area contributed by atoms with E-state index in [4.69, 9.17) is 16.8 Å². The summed E-state index contributed by atoms with van der Waals surface area (Å²) in [5.74, 6) is -0.349. The zero-order chi connectivity index (χ0) is 10.8. The molecule has 0 aliphatic rings. The van der Waals surface area contributed by atoms with E-state index in [0.29, 0.717) is 16.5 Å². The van der Waals surface area contributed by atoms with Crippen LogP contribution in [0, 0.1) is 5.82 Å². The first kappa shape index (κ1) is 9.86. The molecule has 0 amide bonds. The SMILES string of the molecule is ON=Cc1cc2cc(F)ccc2nc1Cl. The first-order chi connectivity index (χ1) is 7.20. The number of aromatic nitrogens is 1. The third kappa shape index (κ3) is 1.89. The molecule has 2 rings (SSSR count). The average Bonchev–Trinajstić information content (AvgIpc) is 2.20. The number of hydrogen-bond donors (Lipinski definition) is 1. The van der Waals surface area contributed by atoms with Gasteiger partial charge in [0.05, 0.1) is 11.7 Å². The molecular formula is C10H6ClFN2O. The van der Waals surface area contributed by atoms with Crippen molar-refractivity contribution in [3.05, 3.63) is 40.8 Å². The van der Waals surface area contributed by atoms with Gasteiger partial charge in [-0.05, 0) is 24.3 Å². The zero-order valence-electron chi connectivity index (χ0n) is 7.48. The second-order valence-electron chi connectivity index (χ2n) is 2.95. The molecule has 0 bridgehead atoms. The number of halogens is 2. The second kappa shape index (κ2) is 3.82. The predicted octanol–water partition coefficient (Wildman–Crippen LogP) is 2.84. The fourth-order valence-electron chi connectivity index (χ4n) is 1.29. The van der Waals surface area contributed by atoms with Crippen LogP contribution in [0.3, 0.4) is 0 Å². The van der Waals surface area contributed by atoms with Gasteiger partial charge in [-0.2, -0.15) is 0 Å². The molecule has 5 heteroatoms. The summed E-state index contributed by atoms with van der Waals surface area (Å²) < 4.78 is 12.9. The van der Waals surface area contributed by atoms with Crippen molar-refractivity contribution >= 4 is 28.7 Å². The number of oxime groups is 1. The van der Waals surface area contributed by atoms with Gasteiger partial charge in [0, 0.05) is 10.9 Å². The Balaban J connectivity index is 2.71. The lowest BCUT2D eigenvalue weighted by Gasteiger charge is -2.01. The Bertz CT molecular complexity index is 542. The molecule has 0 spiro atoms. The lowest BCUT2D eigenvalue weighted by Crippen LogP contribution is -1.89. The van der Waals surface area contributed by atoms with Gasteiger partial charge in [0.25, 0.3) is 0 Å². The third-order valence-corrected chi connectivity index (χ3v) is 2.26. The molecule has 3 nitrogen and oxygen atoms in total. The summed E-state index contributed by atoms with van der Waals surface area (Å²) in [5, 5.41) is 12.1. The Hall–Kier alpha value is -1.68. The molecule has 76 valence electrons. The topological polar surface area (TPSA) is 45.5 Å². The Kier molecular flexibility index (Phi) is 2.51. The average molecular weight is 225 g/mol. The lowest BCUT2D eigenvalue weighted by molar-refractivity contribution is 0.322. The first-order valence-corrected chi connectivity index (χ1v) is 4.52. The highest BCUT2D eigenvalue weighted by Crippen LogP contribution is 2.20. The van der Waals surface area contributed by atoms with Crippen molar-refractivity contribution in [2.75, 3.05) is 0 Å². The molecular weight excluding hydrogens is 219 g/mol. The molecule has 0 saturated carbocycles. The highest BCUT2D eigenvalue weighted by Gasteiger charge is 2.03. The molecule has 15 heavy (non-hydrogen) atoms. The summed E-state index contributed by atoms with van der Waals surface area (Å²) in [5.41, 5.74) is 1.04. The minimum atomic E-state index is -0.349. The van der Waals surface area contributed by atoms with Crippen LogP contribution >= 0.6 is 11.6 Å². The maximum atomic E-state index is 12.9. The van der Waals surface area contributed by atoms with E-state index in [2.05, 4.69) is 10.1 Å². The van der Waals surface area contributed by atoms with Crippen molar-refractivity contribution in [2.45, 2.75) is 0 Å². The fraction of sp³-hybridized carbons (Fsp3) is 0. The summed E-state index contributed by atoms with van der Waals surface area (Å²) in [6.45, 7) is 0. The highest BCUT2D eigenvalue weighted by atomic mass is 35.5. The molecule has 0 aliphatic carbocycles. The van der Waals surface area contributed by atoms with Crippen LogP contribution in [-0.2, 0) is 0 Å². The molecule has 0 unspecified atom stereocenters. The maximum Gasteiger partial charge on any atom is 0.138 e. The van der Waals surface area contributed by atoms with Gasteiger partial charge in [-0.1, -0.05) is 16.8 Å². The van der Waals surface area contributed by atoms with Gasteiger partial charge in [0.1, 0.15) is 11.0 Å². The molecule has 0 radical (unpaired) electrons. The van der Waals surface area contributed by atoms with E-state index in [9.17, 15) is 4.39 Å². The minimum Gasteiger partial charge on any atom is -0.411 e. The molecule has 1 aromatic carbocycles. The van der Waals surface area contributed by atoms with E-state index >= 15 is 0 Å². The van der Waals surface area contributed by atoms with Crippen LogP contribution in [-0.4, -0.2) is 16.4 Å². The van der Waals surface area contributed by atoms with Crippen LogP contribution < -0.4 is 0 Å². The predicted molar refractivity (Wildman–Crippen MR) is 56.1 cm³/mol. The molecule has 1 N–H and O–H groups in total. The van der Waals surface area contributed by atoms with E-state index in [0.717, 1.165) is 6.21 Å². The zero-order valence-corrected chi connectivity index (χ0v) is 8.24. The number of fused-ring (bicyclic) bond motifs is 1. The summed E-state index contributed by atoms with van der Waals surface area (Å²) in [4.78, 5) is 4.03. The number of pyridine rings is 1. The van der Waals surface area contributed by atoms with Crippen molar-refractivity contribution in [1.82, 2.24) is 4.98 Å². The Morgan fingerprint density at radius 2 is 2.20 bits per heavy atom. The first-order valence-electron chi connectivity index (χ1n) is 4.14. The molecule has 1 heterocycles. The molecule has 0 aliphatic heterocycles. The van der Waals surface area contributed by atoms with Gasteiger partial charge in [-0.3, -0.25) is 0 Å². The number of nitrogens with zero attached hydrogens (tertiary/aromatic N) is 2. The van der Waals surface area contributed by atoms with Crippen LogP contribution in [0.4, 0.5) is 4.39 Å². The fourth-order valence-corrected chi connectivity index (χ4v) is 1.49. The van der Waals surface area contributed by atoms with Crippen molar-refractivity contribution in [3.8, 4) is 0 Å². The van der Waals surface area contributed by atoms with Crippen LogP contribution in [0.2, 0.25) is 5.15 Å². The van der Waals surface area contributed by atoms with E-state index < -0.39 is 0 Å². The van der Waals surface area contributed by atoms with Gasteiger partial charge in [-0.15, -0.1) is 0 Å². The van der Waals surface area contributed by atoms with Crippen LogP contribution in [0.15, 0.2) is 29.4 Å². The lowest BCUT2D eigenvalue weighted by atomic mass is 10.1. The van der Waals surface area contributed by atoms with Crippen molar-refractivity contribution in [3.63, 3.8) is 0 Å². The summed E-state index contributed by atoms with van der Waals surface area (Å²) in [7, 11) is 0. The van der Waals surface area contributed by atoms with Gasteiger partial charge in [0.15, 0.2) is 0 Å². The summed E-state index contributed by atoms with van der Waals surface area (Å²) in [6.07, 6.45) is 1.15. The van der Waals surface area contributed by atoms with E-state index in [-0.39, 0.29) is 11.0 Å². The molecule has 0 fully saturated rings. The number of hydrogen-bond acceptors (Lipinski definition) is 3. The van der Waals surface area contributed by atoms with Gasteiger partial charge < -0.3 is 5.21 Å². The Morgan fingerprint density at radius 1 is 1.40 bits per heavy atom. The standard InChI is InChI=1S/C10H6ClFN2O/c11-10-7(5-13-15)3-6-4-8(12)1-2-9(6)14-10/h1-5,15H. The van der Waals surface area contributed by atoms with Gasteiger partial charge in [-0.25, -0.2) is 9.37 Å². The van der Waals surface area contributed by atoms with Crippen molar-refractivity contribution < 1.29 is 9.60 Å². The largest absolute Gasteiger partial charge is 0.411 e. The Morgan fingerprint density at radius 3 is 2.93 bits per heavy atom. The van der Waals surface area contributed by atoms with E-state index in [1.54, 1.807) is 6.07 Å². The molecule has 1 aromatic heterocycles. The number of benzene rings is 1. The van der Waals surface area contributed by atoms with Crippen LogP contribution in [0.25, 0.3) is 10.9 Å². The van der Waals surface area contributed by atoms with Gasteiger partial charge >= 0.3 is 0 Å². The van der Waals surface area contributed by atoms with E-state index in [1.807, 2.05) is 0 Å². The highest BCUT2D eigenvalue weighted by molar-refractivity contribution is 6.32. The van der Waals surface area contributed by atoms with Crippen LogP contribution in [0.5, 0.6) is 0 Å². The smallest absolute Gasteiger partial charge is 0.138 e. The third-order valence-electron chi connectivity index (χ3n) is 1.95. The number of rotatable bonds is 1. The molecule has 0 atom stereocenters. The summed E-state index contributed by atoms with van der Waals surface area (Å²) in [6, 6.07) is 5.79. The maximum absolute atomic E-state index is 12.9. The molecule has 0 saturated heterocycles. The second-order valence-corrected chi connectivity index (χ2v) is 3.31. The van der Waals surface area contributed by atoms with Gasteiger partial charge in [0.2, 0.25) is 0 Å².